The number of hydrogen-bond acceptors (Lipinski definition) is 6. The minimum Gasteiger partial charge on any atom is -0.496 e. The van der Waals surface area contributed by atoms with Gasteiger partial charge in [0.1, 0.15) is 5.75 Å². The molecule has 0 aliphatic carbocycles. The lowest BCUT2D eigenvalue weighted by Gasteiger charge is -2.11. The van der Waals surface area contributed by atoms with Gasteiger partial charge < -0.3 is 15.0 Å². The van der Waals surface area contributed by atoms with Gasteiger partial charge in [0.25, 0.3) is 0 Å². The molecule has 1 aromatic carbocycles. The van der Waals surface area contributed by atoms with Gasteiger partial charge in [0.15, 0.2) is 0 Å². The average molecular weight is 279 g/mol. The van der Waals surface area contributed by atoms with Crippen LogP contribution in [0.5, 0.6) is 5.75 Å². The van der Waals surface area contributed by atoms with Crippen molar-refractivity contribution in [3.8, 4) is 17.1 Å². The van der Waals surface area contributed by atoms with Crippen molar-refractivity contribution < 1.29 is 9.26 Å². The number of rotatable bonds is 5. The largest absolute Gasteiger partial charge is 0.496 e. The van der Waals surface area contributed by atoms with Gasteiger partial charge in [-0.15, -0.1) is 11.8 Å². The minimum atomic E-state index is 0.234. The van der Waals surface area contributed by atoms with Gasteiger partial charge in [-0.2, -0.15) is 4.98 Å². The fourth-order valence-electron chi connectivity index (χ4n) is 1.86. The van der Waals surface area contributed by atoms with E-state index in [1.165, 1.54) is 10.5 Å². The number of methoxy groups -OCH3 is 1. The fraction of sp³-hybridized carbons (Fsp3) is 0.385. The summed E-state index contributed by atoms with van der Waals surface area (Å²) in [5.74, 6) is 1.68. The second-order valence-electron chi connectivity index (χ2n) is 3.93. The molecule has 0 spiro atoms. The summed E-state index contributed by atoms with van der Waals surface area (Å²) >= 11 is 1.69. The molecule has 0 atom stereocenters. The van der Waals surface area contributed by atoms with Crippen LogP contribution in [0.1, 0.15) is 18.4 Å². The molecule has 2 N–H and O–H groups in total. The van der Waals surface area contributed by atoms with E-state index < -0.39 is 0 Å². The Bertz CT molecular complexity index is 569. The molecule has 102 valence electrons. The third-order valence-corrected chi connectivity index (χ3v) is 3.69. The Kier molecular flexibility index (Phi) is 4.44. The third kappa shape index (κ3) is 2.74. The second-order valence-corrected chi connectivity index (χ2v) is 4.78. The Labute approximate surface area is 116 Å². The molecule has 0 saturated carbocycles. The standard InChI is InChI=1S/C13H17N3O2S/c1-4-8-5-10(17-2)9(6-11(8)19-3)13-15-12(7-14)18-16-13/h5-6H,4,7,14H2,1-3H3. The van der Waals surface area contributed by atoms with Crippen molar-refractivity contribution in [1.82, 2.24) is 10.1 Å². The van der Waals surface area contributed by atoms with E-state index in [-0.39, 0.29) is 6.54 Å². The van der Waals surface area contributed by atoms with E-state index in [0.717, 1.165) is 17.7 Å². The molecule has 0 amide bonds. The zero-order chi connectivity index (χ0) is 13.8. The SMILES string of the molecule is CCc1cc(OC)c(-c2noc(CN)n2)cc1SC. The van der Waals surface area contributed by atoms with Gasteiger partial charge in [-0.3, -0.25) is 0 Å². The van der Waals surface area contributed by atoms with Crippen molar-refractivity contribution >= 4 is 11.8 Å². The van der Waals surface area contributed by atoms with E-state index in [4.69, 9.17) is 15.0 Å². The predicted octanol–water partition coefficient (Wildman–Crippen LogP) is 2.49. The first-order valence-electron chi connectivity index (χ1n) is 6.01. The summed E-state index contributed by atoms with van der Waals surface area (Å²) in [6, 6.07) is 4.06. The number of benzene rings is 1. The van der Waals surface area contributed by atoms with Crippen LogP contribution in [-0.4, -0.2) is 23.5 Å². The van der Waals surface area contributed by atoms with Gasteiger partial charge in [-0.05, 0) is 30.4 Å². The van der Waals surface area contributed by atoms with Crippen LogP contribution in [0.2, 0.25) is 0 Å². The van der Waals surface area contributed by atoms with E-state index in [0.29, 0.717) is 11.7 Å². The van der Waals surface area contributed by atoms with Crippen LogP contribution >= 0.6 is 11.8 Å². The van der Waals surface area contributed by atoms with E-state index in [2.05, 4.69) is 17.1 Å². The number of aromatic nitrogens is 2. The summed E-state index contributed by atoms with van der Waals surface area (Å²) < 4.78 is 10.5. The fourth-order valence-corrected chi connectivity index (χ4v) is 2.56. The lowest BCUT2D eigenvalue weighted by Crippen LogP contribution is -1.97. The monoisotopic (exact) mass is 279 g/mol. The topological polar surface area (TPSA) is 74.2 Å². The van der Waals surface area contributed by atoms with E-state index in [1.807, 2.05) is 18.4 Å². The van der Waals surface area contributed by atoms with Gasteiger partial charge in [0, 0.05) is 4.90 Å². The molecule has 1 aromatic heterocycles. The molecular formula is C13H17N3O2S. The highest BCUT2D eigenvalue weighted by Gasteiger charge is 2.15. The number of ether oxygens (including phenoxy) is 1. The van der Waals surface area contributed by atoms with Gasteiger partial charge in [0.2, 0.25) is 11.7 Å². The molecule has 6 heteroatoms. The first kappa shape index (κ1) is 13.9. The van der Waals surface area contributed by atoms with Crippen molar-refractivity contribution in [3.63, 3.8) is 0 Å². The Hall–Kier alpha value is -1.53. The van der Waals surface area contributed by atoms with E-state index >= 15 is 0 Å². The van der Waals surface area contributed by atoms with Crippen molar-refractivity contribution in [3.05, 3.63) is 23.6 Å². The van der Waals surface area contributed by atoms with Crippen molar-refractivity contribution in [1.29, 1.82) is 0 Å². The van der Waals surface area contributed by atoms with Gasteiger partial charge in [-0.1, -0.05) is 12.1 Å². The number of hydrogen-bond donors (Lipinski definition) is 1. The molecule has 0 aliphatic heterocycles. The van der Waals surface area contributed by atoms with Crippen LogP contribution in [0.3, 0.4) is 0 Å². The zero-order valence-corrected chi connectivity index (χ0v) is 12.1. The molecule has 2 rings (SSSR count). The van der Waals surface area contributed by atoms with Gasteiger partial charge in [0.05, 0.1) is 19.2 Å². The summed E-state index contributed by atoms with van der Waals surface area (Å²) in [5, 5.41) is 3.94. The Morgan fingerprint density at radius 3 is 2.74 bits per heavy atom. The van der Waals surface area contributed by atoms with Crippen molar-refractivity contribution in [2.45, 2.75) is 24.8 Å². The predicted molar refractivity (Wildman–Crippen MR) is 75.3 cm³/mol. The maximum absolute atomic E-state index is 5.48. The summed E-state index contributed by atoms with van der Waals surface area (Å²) in [7, 11) is 1.64. The molecule has 0 saturated heterocycles. The van der Waals surface area contributed by atoms with Crippen LogP contribution in [-0.2, 0) is 13.0 Å². The Morgan fingerprint density at radius 1 is 1.42 bits per heavy atom. The number of nitrogens with two attached hydrogens (primary N) is 1. The average Bonchev–Trinajstić information content (AvgIpc) is 2.94. The Balaban J connectivity index is 2.54. The van der Waals surface area contributed by atoms with Crippen molar-refractivity contribution in [2.24, 2.45) is 5.73 Å². The maximum atomic E-state index is 5.48. The first-order chi connectivity index (χ1) is 9.23. The molecule has 0 aliphatic rings. The van der Waals surface area contributed by atoms with E-state index in [9.17, 15) is 0 Å². The highest BCUT2D eigenvalue weighted by molar-refractivity contribution is 7.98. The first-order valence-corrected chi connectivity index (χ1v) is 7.23. The number of thioether (sulfide) groups is 1. The summed E-state index contributed by atoms with van der Waals surface area (Å²) in [5.41, 5.74) is 7.55. The second kappa shape index (κ2) is 6.08. The van der Waals surface area contributed by atoms with Crippen LogP contribution in [0.4, 0.5) is 0 Å². The summed E-state index contributed by atoms with van der Waals surface area (Å²) in [6.07, 6.45) is 3.00. The molecule has 0 unspecified atom stereocenters. The summed E-state index contributed by atoms with van der Waals surface area (Å²) in [6.45, 7) is 2.35. The highest BCUT2D eigenvalue weighted by Crippen LogP contribution is 2.34. The minimum absolute atomic E-state index is 0.234. The molecule has 5 nitrogen and oxygen atoms in total. The molecule has 1 heterocycles. The van der Waals surface area contributed by atoms with Gasteiger partial charge in [-0.25, -0.2) is 0 Å². The lowest BCUT2D eigenvalue weighted by molar-refractivity contribution is 0.379. The van der Waals surface area contributed by atoms with E-state index in [1.54, 1.807) is 18.9 Å². The highest BCUT2D eigenvalue weighted by atomic mass is 32.2. The molecule has 2 aromatic rings. The third-order valence-electron chi connectivity index (χ3n) is 2.87. The number of nitrogens with zero attached hydrogens (tertiary/aromatic N) is 2. The molecular weight excluding hydrogens is 262 g/mol. The van der Waals surface area contributed by atoms with Crippen molar-refractivity contribution in [2.75, 3.05) is 13.4 Å². The molecule has 0 radical (unpaired) electrons. The smallest absolute Gasteiger partial charge is 0.240 e. The van der Waals surface area contributed by atoms with Crippen LogP contribution < -0.4 is 10.5 Å². The summed E-state index contributed by atoms with van der Waals surface area (Å²) in [4.78, 5) is 5.44. The lowest BCUT2D eigenvalue weighted by atomic mass is 10.1. The quantitative estimate of drug-likeness (QED) is 0.848. The normalized spacial score (nSPS) is 10.7. The van der Waals surface area contributed by atoms with Gasteiger partial charge >= 0.3 is 0 Å². The molecule has 0 fully saturated rings. The number of aryl methyl sites for hydroxylation is 1. The van der Waals surface area contributed by atoms with Crippen LogP contribution in [0, 0.1) is 0 Å². The zero-order valence-electron chi connectivity index (χ0n) is 11.3. The molecule has 19 heavy (non-hydrogen) atoms. The van der Waals surface area contributed by atoms with Crippen LogP contribution in [0.15, 0.2) is 21.6 Å². The van der Waals surface area contributed by atoms with Crippen LogP contribution in [0.25, 0.3) is 11.4 Å². The Morgan fingerprint density at radius 2 is 2.21 bits per heavy atom. The molecule has 0 bridgehead atoms. The maximum Gasteiger partial charge on any atom is 0.240 e.